The average molecular weight is 256 g/mol. The molecule has 1 aromatic rings. The minimum Gasteiger partial charge on any atom is -0.397 e. The molecule has 3 N–H and O–H groups in total. The summed E-state index contributed by atoms with van der Waals surface area (Å²) in [5.41, 5.74) is 6.19. The van der Waals surface area contributed by atoms with Crippen molar-refractivity contribution in [3.8, 4) is 0 Å². The lowest BCUT2D eigenvalue weighted by Crippen LogP contribution is -2.16. The number of nitrogens with zero attached hydrogens (tertiary/aromatic N) is 1. The van der Waals surface area contributed by atoms with Gasteiger partial charge in [-0.3, -0.25) is 0 Å². The van der Waals surface area contributed by atoms with E-state index in [0.717, 1.165) is 18.2 Å². The Hall–Kier alpha value is -0.960. The van der Waals surface area contributed by atoms with Gasteiger partial charge in [-0.05, 0) is 25.3 Å². The Balaban J connectivity index is 2.42. The Morgan fingerprint density at radius 2 is 2.06 bits per heavy atom. The maximum atomic E-state index is 6.05. The van der Waals surface area contributed by atoms with Crippen LogP contribution in [0.1, 0.15) is 40.0 Å². The van der Waals surface area contributed by atoms with Crippen LogP contribution in [0.5, 0.6) is 0 Å². The molecule has 3 nitrogen and oxygen atoms in total. The first-order valence-electron chi connectivity index (χ1n) is 6.16. The Labute approximate surface area is 109 Å². The van der Waals surface area contributed by atoms with Crippen molar-refractivity contribution in [2.45, 2.75) is 46.1 Å². The van der Waals surface area contributed by atoms with Crippen LogP contribution in [0.15, 0.2) is 12.3 Å². The van der Waals surface area contributed by atoms with E-state index in [1.165, 1.54) is 12.8 Å². The van der Waals surface area contributed by atoms with Gasteiger partial charge >= 0.3 is 0 Å². The van der Waals surface area contributed by atoms with Crippen LogP contribution in [-0.4, -0.2) is 11.0 Å². The molecule has 0 aliphatic rings. The summed E-state index contributed by atoms with van der Waals surface area (Å²) in [6.07, 6.45) is 5.23. The molecular weight excluding hydrogens is 234 g/mol. The molecule has 1 aromatic heterocycles. The molecule has 0 aliphatic heterocycles. The molecule has 1 heterocycles. The number of halogens is 1. The van der Waals surface area contributed by atoms with Gasteiger partial charge in [0.2, 0.25) is 0 Å². The molecule has 0 spiro atoms. The second-order valence-electron chi connectivity index (χ2n) is 4.97. The van der Waals surface area contributed by atoms with E-state index < -0.39 is 0 Å². The van der Waals surface area contributed by atoms with Crippen molar-refractivity contribution in [2.75, 3.05) is 11.1 Å². The zero-order chi connectivity index (χ0) is 12.8. The first-order chi connectivity index (χ1) is 7.99. The predicted molar refractivity (Wildman–Crippen MR) is 75.4 cm³/mol. The van der Waals surface area contributed by atoms with Crippen molar-refractivity contribution in [3.05, 3.63) is 17.3 Å². The number of hydrogen-bond donors (Lipinski definition) is 2. The second-order valence-corrected chi connectivity index (χ2v) is 5.38. The third-order valence-electron chi connectivity index (χ3n) is 2.66. The van der Waals surface area contributed by atoms with E-state index in [4.69, 9.17) is 17.3 Å². The summed E-state index contributed by atoms with van der Waals surface area (Å²) in [4.78, 5) is 4.19. The Kier molecular flexibility index (Phi) is 5.56. The summed E-state index contributed by atoms with van der Waals surface area (Å²) in [6, 6.07) is 2.10. The summed E-state index contributed by atoms with van der Waals surface area (Å²) in [6.45, 7) is 6.64. The molecule has 1 unspecified atom stereocenters. The van der Waals surface area contributed by atoms with Crippen molar-refractivity contribution in [1.29, 1.82) is 0 Å². The highest BCUT2D eigenvalue weighted by Crippen LogP contribution is 2.22. The zero-order valence-electron chi connectivity index (χ0n) is 10.8. The molecule has 0 aliphatic carbocycles. The molecule has 0 saturated carbocycles. The van der Waals surface area contributed by atoms with E-state index >= 15 is 0 Å². The third-order valence-corrected chi connectivity index (χ3v) is 2.95. The average Bonchev–Trinajstić information content (AvgIpc) is 2.21. The number of hydrogen-bond acceptors (Lipinski definition) is 3. The van der Waals surface area contributed by atoms with E-state index in [1.807, 2.05) is 0 Å². The van der Waals surface area contributed by atoms with Crippen LogP contribution in [0.25, 0.3) is 0 Å². The van der Waals surface area contributed by atoms with Gasteiger partial charge in [0.15, 0.2) is 0 Å². The topological polar surface area (TPSA) is 50.9 Å². The van der Waals surface area contributed by atoms with Crippen molar-refractivity contribution in [2.24, 2.45) is 5.92 Å². The van der Waals surface area contributed by atoms with Gasteiger partial charge in [0.1, 0.15) is 5.82 Å². The smallest absolute Gasteiger partial charge is 0.145 e. The summed E-state index contributed by atoms with van der Waals surface area (Å²) in [5, 5.41) is 3.90. The fourth-order valence-electron chi connectivity index (χ4n) is 1.70. The number of nitrogens with two attached hydrogens (primary N) is 1. The molecule has 1 atom stereocenters. The maximum Gasteiger partial charge on any atom is 0.145 e. The Morgan fingerprint density at radius 1 is 1.35 bits per heavy atom. The highest BCUT2D eigenvalue weighted by Gasteiger charge is 2.07. The Bertz CT molecular complexity index is 353. The van der Waals surface area contributed by atoms with Gasteiger partial charge in [-0.2, -0.15) is 0 Å². The summed E-state index contributed by atoms with van der Waals surface area (Å²) in [7, 11) is 0. The summed E-state index contributed by atoms with van der Waals surface area (Å²) >= 11 is 6.05. The molecule has 0 amide bonds. The first kappa shape index (κ1) is 14.1. The minimum absolute atomic E-state index is 0.377. The van der Waals surface area contributed by atoms with Gasteiger partial charge in [-0.15, -0.1) is 0 Å². The lowest BCUT2D eigenvalue weighted by molar-refractivity contribution is 0.520. The molecule has 4 heteroatoms. The van der Waals surface area contributed by atoms with E-state index in [1.54, 1.807) is 12.3 Å². The van der Waals surface area contributed by atoms with Crippen molar-refractivity contribution in [3.63, 3.8) is 0 Å². The van der Waals surface area contributed by atoms with Gasteiger partial charge in [0, 0.05) is 6.04 Å². The van der Waals surface area contributed by atoms with Gasteiger partial charge < -0.3 is 11.1 Å². The van der Waals surface area contributed by atoms with Gasteiger partial charge in [0.25, 0.3) is 0 Å². The Morgan fingerprint density at radius 3 is 2.65 bits per heavy atom. The van der Waals surface area contributed by atoms with Crippen LogP contribution >= 0.6 is 11.6 Å². The molecule has 0 bridgehead atoms. The first-order valence-corrected chi connectivity index (χ1v) is 6.54. The number of anilines is 2. The van der Waals surface area contributed by atoms with Crippen LogP contribution in [0, 0.1) is 5.92 Å². The van der Waals surface area contributed by atoms with E-state index in [9.17, 15) is 0 Å². The number of nitrogen functional groups attached to an aromatic ring is 1. The summed E-state index contributed by atoms with van der Waals surface area (Å²) in [5.74, 6) is 1.48. The normalized spacial score (nSPS) is 12.8. The minimum atomic E-state index is 0.377. The lowest BCUT2D eigenvalue weighted by Gasteiger charge is -2.16. The van der Waals surface area contributed by atoms with E-state index in [0.29, 0.717) is 16.8 Å². The second kappa shape index (κ2) is 6.70. The third kappa shape index (κ3) is 5.26. The van der Waals surface area contributed by atoms with Gasteiger partial charge in [0.05, 0.1) is 16.9 Å². The molecular formula is C13H22ClN3. The highest BCUT2D eigenvalue weighted by molar-refractivity contribution is 6.33. The highest BCUT2D eigenvalue weighted by atomic mass is 35.5. The van der Waals surface area contributed by atoms with E-state index in [2.05, 4.69) is 31.1 Å². The van der Waals surface area contributed by atoms with Crippen molar-refractivity contribution >= 4 is 23.1 Å². The molecule has 1 rings (SSSR count). The van der Waals surface area contributed by atoms with E-state index in [-0.39, 0.29) is 0 Å². The SMILES string of the molecule is CC(C)CCCC(C)Nc1ncc(N)cc1Cl. The lowest BCUT2D eigenvalue weighted by atomic mass is 10.0. The van der Waals surface area contributed by atoms with Crippen molar-refractivity contribution < 1.29 is 0 Å². The number of pyridine rings is 1. The fourth-order valence-corrected chi connectivity index (χ4v) is 1.93. The zero-order valence-corrected chi connectivity index (χ0v) is 11.6. The predicted octanol–water partition coefficient (Wildman–Crippen LogP) is 3.94. The molecule has 0 radical (unpaired) electrons. The van der Waals surface area contributed by atoms with Gasteiger partial charge in [-0.25, -0.2) is 4.98 Å². The molecule has 96 valence electrons. The number of rotatable bonds is 6. The van der Waals surface area contributed by atoms with Crippen molar-refractivity contribution in [1.82, 2.24) is 4.98 Å². The molecule has 17 heavy (non-hydrogen) atoms. The molecule has 0 fully saturated rings. The number of nitrogens with one attached hydrogen (secondary N) is 1. The quantitative estimate of drug-likeness (QED) is 0.809. The molecule has 0 aromatic carbocycles. The van der Waals surface area contributed by atoms with Crippen LogP contribution in [-0.2, 0) is 0 Å². The largest absolute Gasteiger partial charge is 0.397 e. The number of aromatic nitrogens is 1. The summed E-state index contributed by atoms with van der Waals surface area (Å²) < 4.78 is 0. The van der Waals surface area contributed by atoms with Crippen LogP contribution in [0.3, 0.4) is 0 Å². The van der Waals surface area contributed by atoms with Crippen LogP contribution < -0.4 is 11.1 Å². The van der Waals surface area contributed by atoms with Crippen LogP contribution in [0.2, 0.25) is 5.02 Å². The fraction of sp³-hybridized carbons (Fsp3) is 0.615. The standard InChI is InChI=1S/C13H22ClN3/c1-9(2)5-4-6-10(3)17-13-12(14)7-11(15)8-16-13/h7-10H,4-6,15H2,1-3H3,(H,16,17). The maximum absolute atomic E-state index is 6.05. The monoisotopic (exact) mass is 255 g/mol. The van der Waals surface area contributed by atoms with Gasteiger partial charge in [-0.1, -0.05) is 38.3 Å². The molecule has 0 saturated heterocycles. The van der Waals surface area contributed by atoms with Crippen LogP contribution in [0.4, 0.5) is 11.5 Å².